The largest absolute Gasteiger partial charge is 0.465 e. The molecule has 0 bridgehead atoms. The number of carbonyl (C=O) groups is 3. The number of ether oxygens (including phenoxy) is 1. The average Bonchev–Trinajstić information content (AvgIpc) is 3.50. The second kappa shape index (κ2) is 8.03. The van der Waals surface area contributed by atoms with Gasteiger partial charge in [0, 0.05) is 12.2 Å². The number of benzene rings is 2. The second-order valence-corrected chi connectivity index (χ2v) is 6.60. The molecule has 1 fully saturated rings. The van der Waals surface area contributed by atoms with E-state index >= 15 is 0 Å². The van der Waals surface area contributed by atoms with Crippen LogP contribution in [0.4, 0.5) is 5.69 Å². The van der Waals surface area contributed by atoms with E-state index in [1.807, 2.05) is 30.3 Å². The lowest BCUT2D eigenvalue weighted by Crippen LogP contribution is -2.40. The molecule has 0 heterocycles. The summed E-state index contributed by atoms with van der Waals surface area (Å²) in [7, 11) is 1.30. The van der Waals surface area contributed by atoms with Crippen LogP contribution >= 0.6 is 0 Å². The van der Waals surface area contributed by atoms with E-state index in [9.17, 15) is 14.4 Å². The van der Waals surface area contributed by atoms with Crippen LogP contribution in [-0.2, 0) is 20.7 Å². The van der Waals surface area contributed by atoms with Crippen LogP contribution in [0.25, 0.3) is 0 Å². The molecule has 0 aliphatic heterocycles. The smallest absolute Gasteiger partial charge is 0.337 e. The number of esters is 1. The van der Waals surface area contributed by atoms with Gasteiger partial charge in [0.1, 0.15) is 5.41 Å². The molecule has 2 aromatic carbocycles. The number of amides is 2. The van der Waals surface area contributed by atoms with Crippen LogP contribution in [0.1, 0.15) is 28.8 Å². The first-order chi connectivity index (χ1) is 13.0. The van der Waals surface area contributed by atoms with Crippen LogP contribution in [0.15, 0.2) is 54.6 Å². The molecule has 0 radical (unpaired) electrons. The summed E-state index contributed by atoms with van der Waals surface area (Å²) < 4.78 is 4.68. The maximum absolute atomic E-state index is 12.6. The molecule has 6 heteroatoms. The fourth-order valence-corrected chi connectivity index (χ4v) is 2.91. The first-order valence-corrected chi connectivity index (χ1v) is 8.87. The first kappa shape index (κ1) is 18.6. The van der Waals surface area contributed by atoms with Gasteiger partial charge in [0.2, 0.25) is 11.8 Å². The van der Waals surface area contributed by atoms with E-state index in [1.54, 1.807) is 18.2 Å². The van der Waals surface area contributed by atoms with Crippen LogP contribution < -0.4 is 10.6 Å². The van der Waals surface area contributed by atoms with Gasteiger partial charge in [-0.3, -0.25) is 9.59 Å². The fourth-order valence-electron chi connectivity index (χ4n) is 2.91. The summed E-state index contributed by atoms with van der Waals surface area (Å²) in [6.45, 7) is 0.482. The molecule has 6 nitrogen and oxygen atoms in total. The Labute approximate surface area is 157 Å². The molecule has 2 aromatic rings. The Morgan fingerprint density at radius 1 is 1.00 bits per heavy atom. The molecule has 2 amide bonds. The molecule has 1 aliphatic carbocycles. The van der Waals surface area contributed by atoms with Crippen molar-refractivity contribution in [3.05, 3.63) is 65.7 Å². The van der Waals surface area contributed by atoms with E-state index in [4.69, 9.17) is 0 Å². The number of hydrogen-bond acceptors (Lipinski definition) is 4. The Bertz CT molecular complexity index is 844. The Morgan fingerprint density at radius 3 is 2.41 bits per heavy atom. The van der Waals surface area contributed by atoms with Gasteiger partial charge in [0.25, 0.3) is 0 Å². The van der Waals surface area contributed by atoms with Crippen LogP contribution in [0.5, 0.6) is 0 Å². The number of hydrogen-bond donors (Lipinski definition) is 2. The Balaban J connectivity index is 1.57. The third-order valence-electron chi connectivity index (χ3n) is 4.70. The zero-order valence-electron chi connectivity index (χ0n) is 15.2. The van der Waals surface area contributed by atoms with E-state index in [0.29, 0.717) is 37.1 Å². The van der Waals surface area contributed by atoms with Crippen LogP contribution in [0.2, 0.25) is 0 Å². The summed E-state index contributed by atoms with van der Waals surface area (Å²) in [6, 6.07) is 16.3. The molecule has 140 valence electrons. The van der Waals surface area contributed by atoms with Crippen molar-refractivity contribution in [3.63, 3.8) is 0 Å². The van der Waals surface area contributed by atoms with Gasteiger partial charge in [-0.25, -0.2) is 4.79 Å². The lowest BCUT2D eigenvalue weighted by Gasteiger charge is -2.16. The first-order valence-electron chi connectivity index (χ1n) is 8.87. The predicted molar refractivity (Wildman–Crippen MR) is 101 cm³/mol. The second-order valence-electron chi connectivity index (χ2n) is 6.60. The van der Waals surface area contributed by atoms with Crippen molar-refractivity contribution < 1.29 is 19.1 Å². The minimum absolute atomic E-state index is 0.250. The number of nitrogens with one attached hydrogen (secondary N) is 2. The Morgan fingerprint density at radius 2 is 1.74 bits per heavy atom. The van der Waals surface area contributed by atoms with E-state index in [1.165, 1.54) is 13.2 Å². The van der Waals surface area contributed by atoms with Gasteiger partial charge in [-0.1, -0.05) is 36.4 Å². The van der Waals surface area contributed by atoms with Crippen molar-refractivity contribution in [2.45, 2.75) is 19.3 Å². The van der Waals surface area contributed by atoms with Crippen molar-refractivity contribution in [2.24, 2.45) is 5.41 Å². The third-order valence-corrected chi connectivity index (χ3v) is 4.70. The highest BCUT2D eigenvalue weighted by molar-refractivity contribution is 6.13. The molecule has 0 aromatic heterocycles. The summed E-state index contributed by atoms with van der Waals surface area (Å²) in [5.74, 6) is -1.08. The highest BCUT2D eigenvalue weighted by Gasteiger charge is 2.56. The zero-order valence-corrected chi connectivity index (χ0v) is 15.2. The molecule has 2 N–H and O–H groups in total. The molecule has 27 heavy (non-hydrogen) atoms. The zero-order chi connectivity index (χ0) is 19.3. The van der Waals surface area contributed by atoms with Crippen LogP contribution in [-0.4, -0.2) is 31.4 Å². The predicted octanol–water partition coefficient (Wildman–Crippen LogP) is 2.55. The van der Waals surface area contributed by atoms with Crippen LogP contribution in [0, 0.1) is 5.41 Å². The van der Waals surface area contributed by atoms with E-state index in [-0.39, 0.29) is 11.8 Å². The number of carbonyl (C=O) groups excluding carboxylic acids is 3. The molecular weight excluding hydrogens is 344 g/mol. The lowest BCUT2D eigenvalue weighted by molar-refractivity contribution is -0.134. The third kappa shape index (κ3) is 4.34. The standard InChI is InChI=1S/C21H22N2O4/c1-27-18(24)16-8-5-9-17(14-16)23-20(26)21(11-12-21)19(25)22-13-10-15-6-3-2-4-7-15/h2-9,14H,10-13H2,1H3,(H,22,25)(H,23,26). The van der Waals surface area contributed by atoms with Gasteiger partial charge in [-0.2, -0.15) is 0 Å². The summed E-state index contributed by atoms with van der Waals surface area (Å²) >= 11 is 0. The van der Waals surface area contributed by atoms with Gasteiger partial charge in [-0.05, 0) is 43.0 Å². The maximum Gasteiger partial charge on any atom is 0.337 e. The van der Waals surface area contributed by atoms with E-state index < -0.39 is 11.4 Å². The normalized spacial score (nSPS) is 14.1. The fraction of sp³-hybridized carbons (Fsp3) is 0.286. The van der Waals surface area contributed by atoms with E-state index in [2.05, 4.69) is 15.4 Å². The van der Waals surface area contributed by atoms with Gasteiger partial charge < -0.3 is 15.4 Å². The quantitative estimate of drug-likeness (QED) is 0.583. The number of anilines is 1. The Kier molecular flexibility index (Phi) is 5.54. The van der Waals surface area contributed by atoms with Gasteiger partial charge in [0.05, 0.1) is 12.7 Å². The molecule has 3 rings (SSSR count). The van der Waals surface area contributed by atoms with Crippen molar-refractivity contribution >= 4 is 23.5 Å². The summed E-state index contributed by atoms with van der Waals surface area (Å²) in [5.41, 5.74) is 0.920. The number of rotatable bonds is 7. The SMILES string of the molecule is COC(=O)c1cccc(NC(=O)C2(C(=O)NCCc3ccccc3)CC2)c1. The molecule has 0 unspecified atom stereocenters. The number of methoxy groups -OCH3 is 1. The van der Waals surface area contributed by atoms with Crippen molar-refractivity contribution in [1.82, 2.24) is 5.32 Å². The monoisotopic (exact) mass is 366 g/mol. The molecule has 0 spiro atoms. The maximum atomic E-state index is 12.6. The summed E-state index contributed by atoms with van der Waals surface area (Å²) in [6.07, 6.45) is 1.75. The van der Waals surface area contributed by atoms with E-state index in [0.717, 1.165) is 5.56 Å². The van der Waals surface area contributed by atoms with Gasteiger partial charge >= 0.3 is 5.97 Å². The Hall–Kier alpha value is -3.15. The van der Waals surface area contributed by atoms with Crippen LogP contribution in [0.3, 0.4) is 0 Å². The van der Waals surface area contributed by atoms with Crippen molar-refractivity contribution in [2.75, 3.05) is 19.0 Å². The topological polar surface area (TPSA) is 84.5 Å². The van der Waals surface area contributed by atoms with Crippen molar-refractivity contribution in [1.29, 1.82) is 0 Å². The van der Waals surface area contributed by atoms with Crippen molar-refractivity contribution in [3.8, 4) is 0 Å². The molecule has 0 saturated heterocycles. The minimum Gasteiger partial charge on any atom is -0.465 e. The highest BCUT2D eigenvalue weighted by Crippen LogP contribution is 2.46. The molecule has 0 atom stereocenters. The molecular formula is C21H22N2O4. The summed E-state index contributed by atoms with van der Waals surface area (Å²) in [5, 5.41) is 5.61. The van der Waals surface area contributed by atoms with Gasteiger partial charge in [-0.15, -0.1) is 0 Å². The lowest BCUT2D eigenvalue weighted by atomic mass is 10.0. The minimum atomic E-state index is -1.02. The van der Waals surface area contributed by atoms with Gasteiger partial charge in [0.15, 0.2) is 0 Å². The molecule has 1 saturated carbocycles. The average molecular weight is 366 g/mol. The highest BCUT2D eigenvalue weighted by atomic mass is 16.5. The summed E-state index contributed by atoms with van der Waals surface area (Å²) in [4.78, 5) is 36.8. The molecule has 1 aliphatic rings.